The van der Waals surface area contributed by atoms with E-state index in [0.29, 0.717) is 0 Å². The van der Waals surface area contributed by atoms with Crippen LogP contribution in [0.1, 0.15) is 38.5 Å². The van der Waals surface area contributed by atoms with Gasteiger partial charge in [0.25, 0.3) is 0 Å². The van der Waals surface area contributed by atoms with Gasteiger partial charge in [-0.25, -0.2) is 4.98 Å². The summed E-state index contributed by atoms with van der Waals surface area (Å²) in [6, 6.07) is 24.4. The summed E-state index contributed by atoms with van der Waals surface area (Å²) in [6.45, 7) is 4.60. The van der Waals surface area contributed by atoms with Gasteiger partial charge in [0.1, 0.15) is 11.0 Å². The van der Waals surface area contributed by atoms with Crippen molar-refractivity contribution in [2.24, 2.45) is 0 Å². The van der Waals surface area contributed by atoms with E-state index in [1.807, 2.05) is 0 Å². The van der Waals surface area contributed by atoms with Gasteiger partial charge >= 0.3 is 0 Å². The predicted molar refractivity (Wildman–Crippen MR) is 133 cm³/mol. The zero-order valence-electron chi connectivity index (χ0n) is 18.7. The summed E-state index contributed by atoms with van der Waals surface area (Å²) in [5.74, 6) is 0. The lowest BCUT2D eigenvalue weighted by Crippen LogP contribution is -2.35. The van der Waals surface area contributed by atoms with Crippen LogP contribution < -0.4 is 14.4 Å². The third-order valence-corrected chi connectivity index (χ3v) is 7.10. The Labute approximate surface area is 190 Å². The fourth-order valence-corrected chi connectivity index (χ4v) is 5.38. The number of para-hydroxylation sites is 1. The van der Waals surface area contributed by atoms with Gasteiger partial charge in [-0.15, -0.1) is 4.57 Å². The molecule has 2 fully saturated rings. The molecule has 4 aromatic rings. The Morgan fingerprint density at radius 1 is 0.562 bits per heavy atom. The highest BCUT2D eigenvalue weighted by atomic mass is 15.1. The van der Waals surface area contributed by atoms with Crippen LogP contribution in [0.4, 0.5) is 11.4 Å². The van der Waals surface area contributed by atoms with Crippen LogP contribution in [0, 0.1) is 0 Å². The van der Waals surface area contributed by atoms with E-state index in [4.69, 9.17) is 4.98 Å². The van der Waals surface area contributed by atoms with Gasteiger partial charge < -0.3 is 9.80 Å². The summed E-state index contributed by atoms with van der Waals surface area (Å²) >= 11 is 0. The summed E-state index contributed by atoms with van der Waals surface area (Å²) in [5.41, 5.74) is 8.28. The van der Waals surface area contributed by atoms with Gasteiger partial charge in [0, 0.05) is 61.8 Å². The van der Waals surface area contributed by atoms with Crippen molar-refractivity contribution < 1.29 is 4.57 Å². The van der Waals surface area contributed by atoms with Gasteiger partial charge in [0.15, 0.2) is 0 Å². The van der Waals surface area contributed by atoms with Crippen molar-refractivity contribution in [2.45, 2.75) is 38.5 Å². The minimum absolute atomic E-state index is 1.05. The zero-order valence-corrected chi connectivity index (χ0v) is 18.7. The Kier molecular flexibility index (Phi) is 5.14. The van der Waals surface area contributed by atoms with Crippen molar-refractivity contribution in [3.63, 3.8) is 0 Å². The first-order chi connectivity index (χ1) is 15.9. The molecule has 0 amide bonds. The third-order valence-electron chi connectivity index (χ3n) is 7.10. The highest BCUT2D eigenvalue weighted by Crippen LogP contribution is 2.28. The molecule has 0 saturated carbocycles. The average Bonchev–Trinajstić information content (AvgIpc) is 2.88. The van der Waals surface area contributed by atoms with E-state index >= 15 is 0 Å². The van der Waals surface area contributed by atoms with Crippen LogP contribution in [0.5, 0.6) is 0 Å². The number of hydrogen-bond donors (Lipinski definition) is 0. The molecule has 0 bridgehead atoms. The second-order valence-corrected chi connectivity index (χ2v) is 9.22. The number of fused-ring (bicyclic) bond motifs is 2. The molecule has 32 heavy (non-hydrogen) atoms. The van der Waals surface area contributed by atoms with Gasteiger partial charge in [-0.3, -0.25) is 0 Å². The second-order valence-electron chi connectivity index (χ2n) is 9.22. The molecular weight excluding hydrogens is 392 g/mol. The molecule has 0 atom stereocenters. The average molecular weight is 424 g/mol. The molecule has 1 aromatic heterocycles. The Hall–Kier alpha value is -3.14. The summed E-state index contributed by atoms with van der Waals surface area (Å²) in [5, 5.41) is 0. The molecule has 2 aliphatic heterocycles. The van der Waals surface area contributed by atoms with E-state index in [1.165, 1.54) is 66.6 Å². The van der Waals surface area contributed by atoms with E-state index < -0.39 is 0 Å². The largest absolute Gasteiger partial charge is 0.371 e. The van der Waals surface area contributed by atoms with Crippen LogP contribution in [0.2, 0.25) is 0 Å². The molecule has 0 N–H and O–H groups in total. The van der Waals surface area contributed by atoms with Gasteiger partial charge in [-0.05, 0) is 62.8 Å². The maximum absolute atomic E-state index is 5.08. The van der Waals surface area contributed by atoms with Crippen molar-refractivity contribution in [3.8, 4) is 5.69 Å². The molecule has 0 aliphatic carbocycles. The van der Waals surface area contributed by atoms with Crippen LogP contribution in [-0.2, 0) is 0 Å². The van der Waals surface area contributed by atoms with Crippen molar-refractivity contribution in [1.82, 2.24) is 4.98 Å². The molecule has 3 aromatic carbocycles. The topological polar surface area (TPSA) is 23.2 Å². The van der Waals surface area contributed by atoms with Crippen LogP contribution >= 0.6 is 0 Å². The lowest BCUT2D eigenvalue weighted by Gasteiger charge is -2.29. The molecule has 162 valence electrons. The molecule has 2 saturated heterocycles. The predicted octanol–water partition coefficient (Wildman–Crippen LogP) is 5.65. The normalized spacial score (nSPS) is 17.2. The number of aromatic nitrogens is 2. The molecule has 0 radical (unpaired) electrons. The minimum Gasteiger partial charge on any atom is -0.371 e. The number of rotatable bonds is 3. The van der Waals surface area contributed by atoms with E-state index in [2.05, 4.69) is 81.1 Å². The Bertz CT molecular complexity index is 1160. The van der Waals surface area contributed by atoms with Crippen LogP contribution in [0.3, 0.4) is 0 Å². The molecule has 6 rings (SSSR count). The molecule has 4 heteroatoms. The van der Waals surface area contributed by atoms with Crippen molar-refractivity contribution in [3.05, 3.63) is 66.7 Å². The first kappa shape index (κ1) is 19.5. The number of hydrogen-bond acceptors (Lipinski definition) is 3. The summed E-state index contributed by atoms with van der Waals surface area (Å²) in [7, 11) is 0. The Morgan fingerprint density at radius 3 is 1.56 bits per heavy atom. The Morgan fingerprint density at radius 2 is 1.06 bits per heavy atom. The number of nitrogens with zero attached hydrogens (tertiary/aromatic N) is 4. The molecule has 0 unspecified atom stereocenters. The first-order valence-corrected chi connectivity index (χ1v) is 12.2. The van der Waals surface area contributed by atoms with Crippen molar-refractivity contribution in [1.29, 1.82) is 0 Å². The summed E-state index contributed by atoms with van der Waals surface area (Å²) in [4.78, 5) is 10.1. The molecule has 3 heterocycles. The third kappa shape index (κ3) is 3.58. The fraction of sp³-hybridized carbons (Fsp3) is 0.357. The van der Waals surface area contributed by atoms with Gasteiger partial charge in [-0.2, -0.15) is 0 Å². The Balaban J connectivity index is 1.58. The SMILES string of the molecule is c1ccc(-[n+]2c3cc(N4CCCCC4)ccc3nc3ccc(N4CCCCC4)cc32)cc1. The standard InChI is InChI=1S/C28H31N4/c1-4-10-22(11-5-1)32-27-20-23(30-16-6-2-7-17-30)12-14-25(27)29-26-15-13-24(21-28(26)32)31-18-8-3-9-19-31/h1,4-5,10-15,20-21H,2-3,6-9,16-19H2/q+1. The first-order valence-electron chi connectivity index (χ1n) is 12.2. The molecule has 4 nitrogen and oxygen atoms in total. The van der Waals surface area contributed by atoms with Gasteiger partial charge in [0.05, 0.1) is 0 Å². The zero-order chi connectivity index (χ0) is 21.3. The van der Waals surface area contributed by atoms with Crippen molar-refractivity contribution >= 4 is 33.4 Å². The lowest BCUT2D eigenvalue weighted by atomic mass is 10.1. The molecule has 2 aliphatic rings. The van der Waals surface area contributed by atoms with Crippen molar-refractivity contribution in [2.75, 3.05) is 36.0 Å². The summed E-state index contributed by atoms with van der Waals surface area (Å²) in [6.07, 6.45) is 7.83. The van der Waals surface area contributed by atoms with Crippen LogP contribution in [-0.4, -0.2) is 31.2 Å². The van der Waals surface area contributed by atoms with E-state index in [1.54, 1.807) is 0 Å². The van der Waals surface area contributed by atoms with E-state index in [0.717, 1.165) is 37.2 Å². The smallest absolute Gasteiger partial charge is 0.239 e. The number of piperidine rings is 2. The minimum atomic E-state index is 1.05. The summed E-state index contributed by atoms with van der Waals surface area (Å²) < 4.78 is 2.42. The molecular formula is C28H31N4+. The van der Waals surface area contributed by atoms with E-state index in [-0.39, 0.29) is 0 Å². The maximum atomic E-state index is 5.08. The lowest BCUT2D eigenvalue weighted by molar-refractivity contribution is -0.538. The maximum Gasteiger partial charge on any atom is 0.239 e. The molecule has 0 spiro atoms. The van der Waals surface area contributed by atoms with Gasteiger partial charge in [-0.1, -0.05) is 18.2 Å². The highest BCUT2D eigenvalue weighted by molar-refractivity contribution is 5.86. The van der Waals surface area contributed by atoms with Gasteiger partial charge in [0.2, 0.25) is 16.7 Å². The highest BCUT2D eigenvalue weighted by Gasteiger charge is 2.23. The number of benzene rings is 3. The van der Waals surface area contributed by atoms with E-state index in [9.17, 15) is 0 Å². The quantitative estimate of drug-likeness (QED) is 0.314. The number of anilines is 2. The van der Waals surface area contributed by atoms with Crippen LogP contribution in [0.25, 0.3) is 27.8 Å². The monoisotopic (exact) mass is 423 g/mol. The van der Waals surface area contributed by atoms with Crippen LogP contribution in [0.15, 0.2) is 66.7 Å². The second kappa shape index (κ2) is 8.42. The fourth-order valence-electron chi connectivity index (χ4n) is 5.38.